The first kappa shape index (κ1) is 17.7. The third-order valence-electron chi connectivity index (χ3n) is 5.39. The largest absolute Gasteiger partial charge is 0.492 e. The summed E-state index contributed by atoms with van der Waals surface area (Å²) in [4.78, 5) is 13.1. The number of hydrogen-bond donors (Lipinski definition) is 1. The van der Waals surface area contributed by atoms with Crippen molar-refractivity contribution in [3.8, 4) is 17.2 Å². The minimum absolute atomic E-state index is 0.0772. The van der Waals surface area contributed by atoms with E-state index in [1.54, 1.807) is 0 Å². The molecule has 0 atom stereocenters. The fourth-order valence-corrected chi connectivity index (χ4v) is 3.99. The maximum Gasteiger partial charge on any atom is 0.230 e. The lowest BCUT2D eigenvalue weighted by Crippen LogP contribution is -2.44. The molecule has 5 nitrogen and oxygen atoms in total. The first-order chi connectivity index (χ1) is 13.3. The van der Waals surface area contributed by atoms with Crippen LogP contribution in [0.2, 0.25) is 0 Å². The quantitative estimate of drug-likeness (QED) is 0.795. The van der Waals surface area contributed by atoms with Gasteiger partial charge < -0.3 is 19.5 Å². The monoisotopic (exact) mass is 367 g/mol. The van der Waals surface area contributed by atoms with Crippen molar-refractivity contribution in [1.82, 2.24) is 5.32 Å². The standard InChI is InChI=1S/C22H25NO4/c24-21(23-12-13-25-18-6-2-1-3-7-18)22(10-4-5-11-22)17-8-9-19-20(16-17)27-15-14-26-19/h1-3,6-9,16H,4-5,10-15H2,(H,23,24). The van der Waals surface area contributed by atoms with Gasteiger partial charge in [0, 0.05) is 0 Å². The Bertz CT molecular complexity index is 784. The van der Waals surface area contributed by atoms with E-state index in [1.165, 1.54) is 0 Å². The van der Waals surface area contributed by atoms with Gasteiger partial charge in [0.2, 0.25) is 5.91 Å². The Morgan fingerprint density at radius 2 is 1.74 bits per heavy atom. The highest BCUT2D eigenvalue weighted by Gasteiger charge is 2.43. The van der Waals surface area contributed by atoms with Crippen LogP contribution in [0.3, 0.4) is 0 Å². The molecule has 0 radical (unpaired) electrons. The van der Waals surface area contributed by atoms with E-state index in [9.17, 15) is 4.79 Å². The Hall–Kier alpha value is -2.69. The maximum atomic E-state index is 13.1. The summed E-state index contributed by atoms with van der Waals surface area (Å²) in [7, 11) is 0. The zero-order chi connectivity index (χ0) is 18.5. The van der Waals surface area contributed by atoms with Crippen LogP contribution in [0, 0.1) is 0 Å². The van der Waals surface area contributed by atoms with E-state index in [1.807, 2.05) is 48.5 Å². The van der Waals surface area contributed by atoms with Crippen molar-refractivity contribution in [3.63, 3.8) is 0 Å². The molecule has 2 aromatic carbocycles. The Morgan fingerprint density at radius 3 is 2.52 bits per heavy atom. The van der Waals surface area contributed by atoms with E-state index in [2.05, 4.69) is 5.32 Å². The summed E-state index contributed by atoms with van der Waals surface area (Å²) in [5.74, 6) is 2.39. The summed E-state index contributed by atoms with van der Waals surface area (Å²) in [5, 5.41) is 3.08. The summed E-state index contributed by atoms with van der Waals surface area (Å²) >= 11 is 0. The molecular weight excluding hydrogens is 342 g/mol. The van der Waals surface area contributed by atoms with E-state index in [0.717, 1.165) is 48.5 Å². The number of carbonyl (C=O) groups is 1. The number of amides is 1. The lowest BCUT2D eigenvalue weighted by atomic mass is 9.77. The third kappa shape index (κ3) is 3.72. The van der Waals surface area contributed by atoms with E-state index < -0.39 is 5.41 Å². The van der Waals surface area contributed by atoms with Gasteiger partial charge in [-0.2, -0.15) is 0 Å². The summed E-state index contributed by atoms with van der Waals surface area (Å²) < 4.78 is 17.0. The Balaban J connectivity index is 1.42. The second kappa shape index (κ2) is 7.91. The van der Waals surface area contributed by atoms with Crippen LogP contribution in [-0.4, -0.2) is 32.3 Å². The van der Waals surface area contributed by atoms with E-state index in [0.29, 0.717) is 26.4 Å². The lowest BCUT2D eigenvalue weighted by molar-refractivity contribution is -0.126. The van der Waals surface area contributed by atoms with E-state index in [-0.39, 0.29) is 5.91 Å². The predicted molar refractivity (Wildman–Crippen MR) is 103 cm³/mol. The molecule has 4 rings (SSSR count). The lowest BCUT2D eigenvalue weighted by Gasteiger charge is -2.30. The van der Waals surface area contributed by atoms with Crippen molar-refractivity contribution >= 4 is 5.91 Å². The van der Waals surface area contributed by atoms with Crippen LogP contribution in [0.15, 0.2) is 48.5 Å². The van der Waals surface area contributed by atoms with Crippen LogP contribution >= 0.6 is 0 Å². The van der Waals surface area contributed by atoms with Gasteiger partial charge in [-0.05, 0) is 42.7 Å². The number of carbonyl (C=O) groups excluding carboxylic acids is 1. The van der Waals surface area contributed by atoms with Crippen LogP contribution in [0.1, 0.15) is 31.2 Å². The maximum absolute atomic E-state index is 13.1. The highest BCUT2D eigenvalue weighted by molar-refractivity contribution is 5.88. The molecule has 1 aliphatic carbocycles. The van der Waals surface area contributed by atoms with Crippen molar-refractivity contribution in [2.45, 2.75) is 31.1 Å². The number of benzene rings is 2. The second-order valence-corrected chi connectivity index (χ2v) is 7.07. The molecule has 0 unspecified atom stereocenters. The highest BCUT2D eigenvalue weighted by Crippen LogP contribution is 2.44. The Labute approximate surface area is 159 Å². The molecule has 2 aliphatic rings. The van der Waals surface area contributed by atoms with Crippen molar-refractivity contribution in [2.24, 2.45) is 0 Å². The smallest absolute Gasteiger partial charge is 0.230 e. The molecule has 0 aromatic heterocycles. The molecule has 0 spiro atoms. The number of nitrogens with one attached hydrogen (secondary N) is 1. The molecule has 1 amide bonds. The minimum atomic E-state index is -0.484. The van der Waals surface area contributed by atoms with Crippen LogP contribution < -0.4 is 19.5 Å². The van der Waals surface area contributed by atoms with Gasteiger partial charge in [0.05, 0.1) is 12.0 Å². The van der Waals surface area contributed by atoms with Gasteiger partial charge in [-0.3, -0.25) is 4.79 Å². The van der Waals surface area contributed by atoms with Gasteiger partial charge in [-0.25, -0.2) is 0 Å². The molecular formula is C22H25NO4. The van der Waals surface area contributed by atoms with Gasteiger partial charge in [0.15, 0.2) is 11.5 Å². The van der Waals surface area contributed by atoms with Crippen molar-refractivity contribution < 1.29 is 19.0 Å². The zero-order valence-corrected chi connectivity index (χ0v) is 15.4. The van der Waals surface area contributed by atoms with Crippen LogP contribution in [0.5, 0.6) is 17.2 Å². The van der Waals surface area contributed by atoms with Crippen LogP contribution in [0.25, 0.3) is 0 Å². The molecule has 0 saturated heterocycles. The summed E-state index contributed by atoms with van der Waals surface area (Å²) in [6, 6.07) is 15.6. The molecule has 1 heterocycles. The van der Waals surface area contributed by atoms with Gasteiger partial charge in [-0.1, -0.05) is 37.1 Å². The molecule has 2 aromatic rings. The number of ether oxygens (including phenoxy) is 3. The number of fused-ring (bicyclic) bond motifs is 1. The molecule has 1 aliphatic heterocycles. The average Bonchev–Trinajstić information content (AvgIpc) is 3.23. The SMILES string of the molecule is O=C(NCCOc1ccccc1)C1(c2ccc3c(c2)OCCO3)CCCC1. The van der Waals surface area contributed by atoms with Crippen molar-refractivity contribution in [2.75, 3.05) is 26.4 Å². The van der Waals surface area contributed by atoms with Gasteiger partial charge in [0.1, 0.15) is 25.6 Å². The fourth-order valence-electron chi connectivity index (χ4n) is 3.99. The first-order valence-corrected chi connectivity index (χ1v) is 9.64. The van der Waals surface area contributed by atoms with Crippen molar-refractivity contribution in [1.29, 1.82) is 0 Å². The highest BCUT2D eigenvalue weighted by atomic mass is 16.6. The van der Waals surface area contributed by atoms with Crippen molar-refractivity contribution in [3.05, 3.63) is 54.1 Å². The predicted octanol–water partition coefficient (Wildman–Crippen LogP) is 3.46. The summed E-state index contributed by atoms with van der Waals surface area (Å²) in [6.07, 6.45) is 3.83. The van der Waals surface area contributed by atoms with Crippen LogP contribution in [0.4, 0.5) is 0 Å². The Morgan fingerprint density at radius 1 is 1.00 bits per heavy atom. The molecule has 1 N–H and O–H groups in total. The number of rotatable bonds is 6. The average molecular weight is 367 g/mol. The van der Waals surface area contributed by atoms with E-state index >= 15 is 0 Å². The molecule has 27 heavy (non-hydrogen) atoms. The fraction of sp³-hybridized carbons (Fsp3) is 0.409. The molecule has 5 heteroatoms. The van der Waals surface area contributed by atoms with Gasteiger partial charge >= 0.3 is 0 Å². The third-order valence-corrected chi connectivity index (χ3v) is 5.39. The second-order valence-electron chi connectivity index (χ2n) is 7.07. The molecule has 1 fully saturated rings. The van der Waals surface area contributed by atoms with Crippen LogP contribution in [-0.2, 0) is 10.2 Å². The Kier molecular flexibility index (Phi) is 5.19. The normalized spacial score (nSPS) is 17.3. The minimum Gasteiger partial charge on any atom is -0.492 e. The van der Waals surface area contributed by atoms with E-state index in [4.69, 9.17) is 14.2 Å². The number of hydrogen-bond acceptors (Lipinski definition) is 4. The molecule has 142 valence electrons. The summed E-state index contributed by atoms with van der Waals surface area (Å²) in [6.45, 7) is 2.05. The van der Waals surface area contributed by atoms with Gasteiger partial charge in [0.25, 0.3) is 0 Å². The molecule has 0 bridgehead atoms. The van der Waals surface area contributed by atoms with Gasteiger partial charge in [-0.15, -0.1) is 0 Å². The topological polar surface area (TPSA) is 56.8 Å². The molecule has 1 saturated carbocycles. The number of para-hydroxylation sites is 1. The summed E-state index contributed by atoms with van der Waals surface area (Å²) in [5.41, 5.74) is 0.536. The first-order valence-electron chi connectivity index (χ1n) is 9.64. The zero-order valence-electron chi connectivity index (χ0n) is 15.4.